The largest absolute Gasteiger partial charge is 0.480 e. The van der Waals surface area contributed by atoms with Gasteiger partial charge in [0.25, 0.3) is 0 Å². The Labute approximate surface area is 96.4 Å². The first kappa shape index (κ1) is 11.9. The molecule has 4 nitrogen and oxygen atoms in total. The van der Waals surface area contributed by atoms with Gasteiger partial charge in [0.2, 0.25) is 0 Å². The number of hydrogen-bond donors (Lipinski definition) is 2. The van der Waals surface area contributed by atoms with Crippen LogP contribution in [0.15, 0.2) is 0 Å². The van der Waals surface area contributed by atoms with E-state index in [1.165, 1.54) is 12.8 Å². The van der Waals surface area contributed by atoms with Crippen LogP contribution in [0.5, 0.6) is 0 Å². The molecule has 2 N–H and O–H groups in total. The van der Waals surface area contributed by atoms with E-state index in [4.69, 9.17) is 4.74 Å². The van der Waals surface area contributed by atoms with Crippen LogP contribution in [-0.4, -0.2) is 35.9 Å². The van der Waals surface area contributed by atoms with Crippen molar-refractivity contribution in [3.8, 4) is 0 Å². The van der Waals surface area contributed by atoms with Gasteiger partial charge < -0.3 is 9.84 Å². The molecular formula is C12H21NO3. The number of rotatable bonds is 8. The molecule has 1 unspecified atom stereocenters. The summed E-state index contributed by atoms with van der Waals surface area (Å²) in [5.41, 5.74) is -0.912. The molecule has 0 spiro atoms. The third-order valence-electron chi connectivity index (χ3n) is 3.33. The first-order valence-electron chi connectivity index (χ1n) is 6.19. The predicted octanol–water partition coefficient (Wildman–Crippen LogP) is 1.40. The molecule has 1 atom stereocenters. The summed E-state index contributed by atoms with van der Waals surface area (Å²) in [5.74, 6) is 0.0262. The molecule has 0 amide bonds. The first-order valence-corrected chi connectivity index (χ1v) is 6.19. The van der Waals surface area contributed by atoms with Crippen molar-refractivity contribution in [3.05, 3.63) is 0 Å². The zero-order chi connectivity index (χ0) is 11.6. The summed E-state index contributed by atoms with van der Waals surface area (Å²) < 4.78 is 5.50. The molecule has 92 valence electrons. The summed E-state index contributed by atoms with van der Waals surface area (Å²) in [5, 5.41) is 12.3. The van der Waals surface area contributed by atoms with Crippen LogP contribution in [0.1, 0.15) is 39.0 Å². The Morgan fingerprint density at radius 2 is 2.12 bits per heavy atom. The number of carbonyl (C=O) groups is 1. The van der Waals surface area contributed by atoms with Crippen LogP contribution in [-0.2, 0) is 9.53 Å². The molecule has 2 aliphatic carbocycles. The van der Waals surface area contributed by atoms with E-state index in [9.17, 15) is 9.90 Å². The molecule has 0 aromatic heterocycles. The van der Waals surface area contributed by atoms with Gasteiger partial charge in [0.05, 0.1) is 6.61 Å². The fourth-order valence-electron chi connectivity index (χ4n) is 1.78. The summed E-state index contributed by atoms with van der Waals surface area (Å²) in [6.07, 6.45) is 5.90. The highest BCUT2D eigenvalue weighted by Gasteiger charge is 2.38. The van der Waals surface area contributed by atoms with E-state index in [0.717, 1.165) is 25.2 Å². The van der Waals surface area contributed by atoms with E-state index < -0.39 is 11.5 Å². The second-order valence-electron chi connectivity index (χ2n) is 5.34. The summed E-state index contributed by atoms with van der Waals surface area (Å²) >= 11 is 0. The highest BCUT2D eigenvalue weighted by Crippen LogP contribution is 2.32. The highest BCUT2D eigenvalue weighted by molar-refractivity contribution is 5.78. The van der Waals surface area contributed by atoms with E-state index in [1.54, 1.807) is 6.92 Å². The van der Waals surface area contributed by atoms with Crippen LogP contribution in [0.4, 0.5) is 0 Å². The van der Waals surface area contributed by atoms with Gasteiger partial charge in [-0.15, -0.1) is 0 Å². The molecule has 0 bridgehead atoms. The number of carboxylic acid groups (broad SMARTS) is 1. The van der Waals surface area contributed by atoms with Crippen molar-refractivity contribution >= 4 is 5.97 Å². The number of carboxylic acids is 1. The molecule has 2 aliphatic rings. The zero-order valence-electron chi connectivity index (χ0n) is 9.87. The zero-order valence-corrected chi connectivity index (χ0v) is 9.87. The maximum atomic E-state index is 11.2. The van der Waals surface area contributed by atoms with Crippen LogP contribution in [0, 0.1) is 5.92 Å². The Bertz CT molecular complexity index is 261. The molecule has 2 saturated carbocycles. The minimum absolute atomic E-state index is 0.269. The SMILES string of the molecule is CC(COCCC1CC1)(NC1CC1)C(=O)O. The Kier molecular flexibility index (Phi) is 3.50. The van der Waals surface area contributed by atoms with E-state index in [2.05, 4.69) is 5.32 Å². The van der Waals surface area contributed by atoms with Gasteiger partial charge in [-0.1, -0.05) is 12.8 Å². The van der Waals surface area contributed by atoms with Crippen molar-refractivity contribution in [2.45, 2.75) is 50.6 Å². The van der Waals surface area contributed by atoms with Gasteiger partial charge in [-0.05, 0) is 32.1 Å². The van der Waals surface area contributed by atoms with E-state index >= 15 is 0 Å². The fraction of sp³-hybridized carbons (Fsp3) is 0.917. The van der Waals surface area contributed by atoms with Gasteiger partial charge in [-0.25, -0.2) is 0 Å². The molecule has 16 heavy (non-hydrogen) atoms. The molecule has 0 aliphatic heterocycles. The minimum atomic E-state index is -0.912. The average Bonchev–Trinajstić information content (AvgIpc) is 3.07. The average molecular weight is 227 g/mol. The summed E-state index contributed by atoms with van der Waals surface area (Å²) in [6, 6.07) is 0.383. The van der Waals surface area contributed by atoms with Crippen LogP contribution < -0.4 is 5.32 Å². The van der Waals surface area contributed by atoms with Gasteiger partial charge in [0.1, 0.15) is 5.54 Å². The van der Waals surface area contributed by atoms with Gasteiger partial charge in [-0.3, -0.25) is 10.1 Å². The molecule has 0 saturated heterocycles. The second-order valence-corrected chi connectivity index (χ2v) is 5.34. The Morgan fingerprint density at radius 1 is 1.44 bits per heavy atom. The van der Waals surface area contributed by atoms with Crippen molar-refractivity contribution in [1.29, 1.82) is 0 Å². The summed E-state index contributed by atoms with van der Waals surface area (Å²) in [7, 11) is 0. The lowest BCUT2D eigenvalue weighted by atomic mass is 10.0. The maximum Gasteiger partial charge on any atom is 0.326 e. The maximum absolute atomic E-state index is 11.2. The van der Waals surface area contributed by atoms with Crippen LogP contribution >= 0.6 is 0 Å². The summed E-state index contributed by atoms with van der Waals surface area (Å²) in [4.78, 5) is 11.2. The minimum Gasteiger partial charge on any atom is -0.480 e. The van der Waals surface area contributed by atoms with E-state index in [0.29, 0.717) is 12.6 Å². The molecule has 0 aromatic rings. The standard InChI is InChI=1S/C12H21NO3/c1-12(11(14)15,13-10-4-5-10)8-16-7-6-9-2-3-9/h9-10,13H,2-8H2,1H3,(H,14,15). The van der Waals surface area contributed by atoms with Gasteiger partial charge in [-0.2, -0.15) is 0 Å². The number of hydrogen-bond acceptors (Lipinski definition) is 3. The predicted molar refractivity (Wildman–Crippen MR) is 60.4 cm³/mol. The molecule has 0 aromatic carbocycles. The van der Waals surface area contributed by atoms with Gasteiger partial charge in [0.15, 0.2) is 0 Å². The Balaban J connectivity index is 1.69. The number of ether oxygens (including phenoxy) is 1. The molecule has 2 rings (SSSR count). The number of nitrogens with one attached hydrogen (secondary N) is 1. The van der Waals surface area contributed by atoms with E-state index in [1.807, 2.05) is 0 Å². The molecule has 4 heteroatoms. The van der Waals surface area contributed by atoms with Crippen LogP contribution in [0.2, 0.25) is 0 Å². The van der Waals surface area contributed by atoms with Crippen molar-refractivity contribution < 1.29 is 14.6 Å². The topological polar surface area (TPSA) is 58.6 Å². The third-order valence-corrected chi connectivity index (χ3v) is 3.33. The Morgan fingerprint density at radius 3 is 2.62 bits per heavy atom. The normalized spacial score (nSPS) is 24.1. The lowest BCUT2D eigenvalue weighted by molar-refractivity contribution is -0.147. The number of aliphatic carboxylic acids is 1. The molecule has 0 radical (unpaired) electrons. The third kappa shape index (κ3) is 3.46. The van der Waals surface area contributed by atoms with Crippen molar-refractivity contribution in [3.63, 3.8) is 0 Å². The summed E-state index contributed by atoms with van der Waals surface area (Å²) in [6.45, 7) is 2.68. The molecule has 2 fully saturated rings. The fourth-order valence-corrected chi connectivity index (χ4v) is 1.78. The van der Waals surface area contributed by atoms with Crippen LogP contribution in [0.25, 0.3) is 0 Å². The van der Waals surface area contributed by atoms with Gasteiger partial charge in [0, 0.05) is 12.6 Å². The lowest BCUT2D eigenvalue weighted by Crippen LogP contribution is -2.54. The Hall–Kier alpha value is -0.610. The highest BCUT2D eigenvalue weighted by atomic mass is 16.5. The molecule has 0 heterocycles. The van der Waals surface area contributed by atoms with Crippen LogP contribution in [0.3, 0.4) is 0 Å². The lowest BCUT2D eigenvalue weighted by Gasteiger charge is -2.26. The van der Waals surface area contributed by atoms with Crippen molar-refractivity contribution in [1.82, 2.24) is 5.32 Å². The smallest absolute Gasteiger partial charge is 0.326 e. The molecular weight excluding hydrogens is 206 g/mol. The van der Waals surface area contributed by atoms with Crippen molar-refractivity contribution in [2.75, 3.05) is 13.2 Å². The van der Waals surface area contributed by atoms with E-state index in [-0.39, 0.29) is 6.61 Å². The van der Waals surface area contributed by atoms with Gasteiger partial charge >= 0.3 is 5.97 Å². The van der Waals surface area contributed by atoms with Crippen molar-refractivity contribution in [2.24, 2.45) is 5.92 Å². The quantitative estimate of drug-likeness (QED) is 0.615. The first-order chi connectivity index (χ1) is 7.60. The second kappa shape index (κ2) is 4.72. The monoisotopic (exact) mass is 227 g/mol.